The van der Waals surface area contributed by atoms with Gasteiger partial charge in [-0.15, -0.1) is 0 Å². The third-order valence-electron chi connectivity index (χ3n) is 2.43. The minimum atomic E-state index is -2.56. The third kappa shape index (κ3) is 4.87. The monoisotopic (exact) mass is 252 g/mol. The van der Waals surface area contributed by atoms with Crippen molar-refractivity contribution in [3.63, 3.8) is 0 Å². The van der Waals surface area contributed by atoms with Crippen LogP contribution in [0.25, 0.3) is 0 Å². The molecule has 0 rings (SSSR count). The van der Waals surface area contributed by atoms with Crippen LogP contribution in [0.15, 0.2) is 0 Å². The van der Waals surface area contributed by atoms with Crippen LogP contribution < -0.4 is 0 Å². The van der Waals surface area contributed by atoms with Crippen LogP contribution in [0.3, 0.4) is 0 Å². The van der Waals surface area contributed by atoms with Gasteiger partial charge in [0.2, 0.25) is 0 Å². The highest BCUT2D eigenvalue weighted by Crippen LogP contribution is 2.27. The standard InChI is InChI=1S/C10H24O3SSi/c1-10(2,3)8-7-9(14)15(11-4,12-5)13-6/h9,14H,7-8H2,1-6H3. The van der Waals surface area contributed by atoms with E-state index in [-0.39, 0.29) is 4.87 Å². The molecule has 0 spiro atoms. The van der Waals surface area contributed by atoms with Gasteiger partial charge in [0.05, 0.1) is 4.87 Å². The van der Waals surface area contributed by atoms with Gasteiger partial charge in [-0.05, 0) is 18.3 Å². The van der Waals surface area contributed by atoms with Crippen LogP contribution in [-0.2, 0) is 13.3 Å². The molecule has 92 valence electrons. The molecule has 0 aliphatic heterocycles. The van der Waals surface area contributed by atoms with Gasteiger partial charge in [0, 0.05) is 21.3 Å². The van der Waals surface area contributed by atoms with E-state index in [9.17, 15) is 0 Å². The molecule has 0 N–H and O–H groups in total. The molecule has 0 amide bonds. The molecule has 0 aromatic carbocycles. The first-order chi connectivity index (χ1) is 6.81. The molecule has 0 radical (unpaired) electrons. The number of hydrogen-bond donors (Lipinski definition) is 1. The molecule has 0 saturated carbocycles. The molecule has 1 unspecified atom stereocenters. The summed E-state index contributed by atoms with van der Waals surface area (Å²) in [6.45, 7) is 6.63. The van der Waals surface area contributed by atoms with E-state index < -0.39 is 8.80 Å². The molecule has 0 fully saturated rings. The number of rotatable bonds is 6. The predicted octanol–water partition coefficient (Wildman–Crippen LogP) is 2.53. The zero-order valence-corrected chi connectivity index (χ0v) is 12.6. The minimum Gasteiger partial charge on any atom is -0.376 e. The summed E-state index contributed by atoms with van der Waals surface area (Å²) in [5.41, 5.74) is 0.302. The predicted molar refractivity (Wildman–Crippen MR) is 68.2 cm³/mol. The summed E-state index contributed by atoms with van der Waals surface area (Å²) in [6, 6.07) is 0. The Hall–Kier alpha value is 0.447. The fraction of sp³-hybridized carbons (Fsp3) is 1.00. The van der Waals surface area contributed by atoms with Crippen molar-refractivity contribution in [2.45, 2.75) is 38.5 Å². The third-order valence-corrected chi connectivity index (χ3v) is 6.45. The SMILES string of the molecule is CO[Si](OC)(OC)C(S)CCC(C)(C)C. The van der Waals surface area contributed by atoms with Crippen LogP contribution in [0.4, 0.5) is 0 Å². The molecule has 0 heterocycles. The zero-order chi connectivity index (χ0) is 12.1. The fourth-order valence-electron chi connectivity index (χ4n) is 1.40. The van der Waals surface area contributed by atoms with E-state index in [1.165, 1.54) is 0 Å². The van der Waals surface area contributed by atoms with Gasteiger partial charge in [-0.1, -0.05) is 20.8 Å². The van der Waals surface area contributed by atoms with Crippen molar-refractivity contribution >= 4 is 21.4 Å². The molecule has 5 heteroatoms. The molecule has 0 saturated heterocycles. The Labute approximate surface area is 100 Å². The number of hydrogen-bond acceptors (Lipinski definition) is 4. The van der Waals surface area contributed by atoms with Crippen LogP contribution >= 0.6 is 12.6 Å². The van der Waals surface area contributed by atoms with E-state index in [1.807, 2.05) is 0 Å². The van der Waals surface area contributed by atoms with Gasteiger partial charge in [0.25, 0.3) is 0 Å². The van der Waals surface area contributed by atoms with Gasteiger partial charge in [-0.2, -0.15) is 12.6 Å². The van der Waals surface area contributed by atoms with Gasteiger partial charge in [-0.25, -0.2) is 0 Å². The lowest BCUT2D eigenvalue weighted by Gasteiger charge is -2.31. The summed E-state index contributed by atoms with van der Waals surface area (Å²) in [4.78, 5) is 0.0386. The normalized spacial score (nSPS) is 15.4. The average Bonchev–Trinajstić information content (AvgIpc) is 2.17. The molecular formula is C10H24O3SSi. The Kier molecular flexibility index (Phi) is 6.43. The summed E-state index contributed by atoms with van der Waals surface area (Å²) < 4.78 is 16.1. The molecule has 0 aliphatic carbocycles. The highest BCUT2D eigenvalue weighted by atomic mass is 32.1. The molecule has 3 nitrogen and oxygen atoms in total. The Morgan fingerprint density at radius 2 is 1.47 bits per heavy atom. The Morgan fingerprint density at radius 1 is 1.07 bits per heavy atom. The van der Waals surface area contributed by atoms with Crippen LogP contribution in [0.2, 0.25) is 0 Å². The van der Waals surface area contributed by atoms with Crippen molar-refractivity contribution in [2.75, 3.05) is 21.3 Å². The highest BCUT2D eigenvalue weighted by Gasteiger charge is 2.45. The Bertz CT molecular complexity index is 170. The van der Waals surface area contributed by atoms with Gasteiger partial charge in [0.1, 0.15) is 0 Å². The van der Waals surface area contributed by atoms with Crippen LogP contribution in [-0.4, -0.2) is 35.0 Å². The van der Waals surface area contributed by atoms with Crippen LogP contribution in [0.5, 0.6) is 0 Å². The van der Waals surface area contributed by atoms with Crippen molar-refractivity contribution < 1.29 is 13.3 Å². The summed E-state index contributed by atoms with van der Waals surface area (Å²) in [5.74, 6) is 0. The van der Waals surface area contributed by atoms with Crippen LogP contribution in [0, 0.1) is 5.41 Å². The lowest BCUT2D eigenvalue weighted by atomic mass is 9.91. The second kappa shape index (κ2) is 6.25. The topological polar surface area (TPSA) is 27.7 Å². The minimum absolute atomic E-state index is 0.0386. The smallest absolute Gasteiger partial charge is 0.376 e. The van der Waals surface area contributed by atoms with Gasteiger partial charge < -0.3 is 13.3 Å². The first kappa shape index (κ1) is 15.4. The summed E-state index contributed by atoms with van der Waals surface area (Å²) in [5, 5.41) is 0. The lowest BCUT2D eigenvalue weighted by Crippen LogP contribution is -2.52. The van der Waals surface area contributed by atoms with E-state index in [0.29, 0.717) is 5.41 Å². The lowest BCUT2D eigenvalue weighted by molar-refractivity contribution is 0.119. The fourth-order valence-corrected chi connectivity index (χ4v) is 4.30. The first-order valence-electron chi connectivity index (χ1n) is 5.15. The molecule has 0 aliphatic rings. The second-order valence-electron chi connectivity index (χ2n) is 4.83. The molecule has 0 aromatic heterocycles. The van der Waals surface area contributed by atoms with Crippen molar-refractivity contribution in [1.29, 1.82) is 0 Å². The summed E-state index contributed by atoms with van der Waals surface area (Å²) >= 11 is 4.55. The zero-order valence-electron chi connectivity index (χ0n) is 10.7. The largest absolute Gasteiger partial charge is 0.513 e. The van der Waals surface area contributed by atoms with E-state index >= 15 is 0 Å². The van der Waals surface area contributed by atoms with Gasteiger partial charge >= 0.3 is 8.80 Å². The Balaban J connectivity index is 4.33. The second-order valence-corrected chi connectivity index (χ2v) is 9.07. The van der Waals surface area contributed by atoms with E-state index in [2.05, 4.69) is 33.4 Å². The summed E-state index contributed by atoms with van der Waals surface area (Å²) in [6.07, 6.45) is 2.01. The van der Waals surface area contributed by atoms with Gasteiger partial charge in [-0.3, -0.25) is 0 Å². The van der Waals surface area contributed by atoms with Crippen molar-refractivity contribution in [1.82, 2.24) is 0 Å². The van der Waals surface area contributed by atoms with E-state index in [1.54, 1.807) is 21.3 Å². The maximum Gasteiger partial charge on any atom is 0.513 e. The average molecular weight is 252 g/mol. The first-order valence-corrected chi connectivity index (χ1v) is 7.46. The maximum absolute atomic E-state index is 5.38. The van der Waals surface area contributed by atoms with Crippen molar-refractivity contribution in [3.8, 4) is 0 Å². The summed E-state index contributed by atoms with van der Waals surface area (Å²) in [7, 11) is 2.32. The quantitative estimate of drug-likeness (QED) is 0.581. The molecule has 1 atom stereocenters. The molecule has 0 bridgehead atoms. The van der Waals surface area contributed by atoms with Crippen molar-refractivity contribution in [3.05, 3.63) is 0 Å². The molecule has 15 heavy (non-hydrogen) atoms. The molecular weight excluding hydrogens is 228 g/mol. The highest BCUT2D eigenvalue weighted by molar-refractivity contribution is 7.83. The van der Waals surface area contributed by atoms with Crippen molar-refractivity contribution in [2.24, 2.45) is 5.41 Å². The molecule has 0 aromatic rings. The van der Waals surface area contributed by atoms with Crippen LogP contribution in [0.1, 0.15) is 33.6 Å². The maximum atomic E-state index is 5.38. The van der Waals surface area contributed by atoms with Gasteiger partial charge in [0.15, 0.2) is 0 Å². The Morgan fingerprint density at radius 3 is 1.73 bits per heavy atom. The van der Waals surface area contributed by atoms with E-state index in [0.717, 1.165) is 12.8 Å². The van der Waals surface area contributed by atoms with E-state index in [4.69, 9.17) is 13.3 Å². The number of thiol groups is 1.